The van der Waals surface area contributed by atoms with Gasteiger partial charge in [0.2, 0.25) is 5.91 Å². The van der Waals surface area contributed by atoms with E-state index in [1.807, 2.05) is 0 Å². The van der Waals surface area contributed by atoms with Gasteiger partial charge < -0.3 is 4.90 Å². The molecule has 0 radical (unpaired) electrons. The second kappa shape index (κ2) is 4.33. The van der Waals surface area contributed by atoms with Crippen LogP contribution < -0.4 is 0 Å². The molecule has 0 unspecified atom stereocenters. The van der Waals surface area contributed by atoms with Crippen LogP contribution in [0, 0.1) is 16.7 Å². The highest BCUT2D eigenvalue weighted by atomic mass is 19.4. The zero-order valence-corrected chi connectivity index (χ0v) is 8.90. The van der Waals surface area contributed by atoms with Crippen molar-refractivity contribution in [1.29, 1.82) is 5.26 Å². The first-order valence-corrected chi connectivity index (χ1v) is 4.83. The lowest BCUT2D eigenvalue weighted by Gasteiger charge is -2.33. The van der Waals surface area contributed by atoms with Crippen molar-refractivity contribution >= 4 is 5.91 Å². The van der Waals surface area contributed by atoms with E-state index in [0.717, 1.165) is 0 Å². The molecule has 0 atom stereocenters. The van der Waals surface area contributed by atoms with Crippen LogP contribution in [0.5, 0.6) is 0 Å². The number of halogens is 6. The lowest BCUT2D eigenvalue weighted by Crippen LogP contribution is -2.52. The molecule has 1 heterocycles. The second-order valence-corrected chi connectivity index (χ2v) is 3.98. The zero-order chi connectivity index (χ0) is 14.2. The van der Waals surface area contributed by atoms with Crippen molar-refractivity contribution in [3.8, 4) is 6.07 Å². The number of amides is 1. The summed E-state index contributed by atoms with van der Waals surface area (Å²) >= 11 is 0. The fourth-order valence-electron chi connectivity index (χ4n) is 1.83. The minimum atomic E-state index is -5.48. The molecular weight excluding hydrogens is 266 g/mol. The van der Waals surface area contributed by atoms with E-state index in [-0.39, 0.29) is 0 Å². The summed E-state index contributed by atoms with van der Waals surface area (Å²) in [7, 11) is 0. The molecule has 18 heavy (non-hydrogen) atoms. The number of likely N-dealkylation sites (tertiary alicyclic amines) is 1. The van der Waals surface area contributed by atoms with E-state index in [1.165, 1.54) is 6.07 Å². The van der Waals surface area contributed by atoms with Crippen molar-refractivity contribution in [3.63, 3.8) is 0 Å². The Kier molecular flexibility index (Phi) is 3.51. The fourth-order valence-corrected chi connectivity index (χ4v) is 1.83. The van der Waals surface area contributed by atoms with Crippen molar-refractivity contribution in [1.82, 2.24) is 4.90 Å². The maximum Gasteiger partial charge on any atom is 0.404 e. The first-order valence-electron chi connectivity index (χ1n) is 4.83. The van der Waals surface area contributed by atoms with Crippen molar-refractivity contribution in [2.24, 2.45) is 5.41 Å². The average Bonchev–Trinajstić information content (AvgIpc) is 2.61. The lowest BCUT2D eigenvalue weighted by atomic mass is 9.85. The predicted molar refractivity (Wildman–Crippen MR) is 46.0 cm³/mol. The fraction of sp³-hybridized carbons (Fsp3) is 0.778. The van der Waals surface area contributed by atoms with Gasteiger partial charge in [-0.05, 0) is 6.42 Å². The van der Waals surface area contributed by atoms with Crippen LogP contribution in [0.1, 0.15) is 12.8 Å². The van der Waals surface area contributed by atoms with E-state index in [2.05, 4.69) is 0 Å². The number of carbonyl (C=O) groups excluding carboxylic acids is 1. The summed E-state index contributed by atoms with van der Waals surface area (Å²) in [5.74, 6) is -1.02. The van der Waals surface area contributed by atoms with Crippen LogP contribution in [-0.2, 0) is 4.79 Å². The van der Waals surface area contributed by atoms with Gasteiger partial charge in [-0.25, -0.2) is 0 Å². The SMILES string of the molecule is N#CCC(=O)N1CCC(C(F)(F)F)(C(F)(F)F)C1. The molecule has 9 heteroatoms. The minimum Gasteiger partial charge on any atom is -0.341 e. The summed E-state index contributed by atoms with van der Waals surface area (Å²) in [5.41, 5.74) is -3.88. The van der Waals surface area contributed by atoms with Gasteiger partial charge in [-0.1, -0.05) is 0 Å². The van der Waals surface area contributed by atoms with Crippen LogP contribution in [0.15, 0.2) is 0 Å². The summed E-state index contributed by atoms with van der Waals surface area (Å²) in [4.78, 5) is 11.6. The molecule has 102 valence electrons. The van der Waals surface area contributed by atoms with Gasteiger partial charge in [-0.2, -0.15) is 31.6 Å². The van der Waals surface area contributed by atoms with Crippen LogP contribution in [0.4, 0.5) is 26.3 Å². The third-order valence-corrected chi connectivity index (χ3v) is 2.94. The Balaban J connectivity index is 3.01. The molecule has 0 aromatic heterocycles. The monoisotopic (exact) mass is 274 g/mol. The largest absolute Gasteiger partial charge is 0.404 e. The van der Waals surface area contributed by atoms with E-state index >= 15 is 0 Å². The molecule has 1 aliphatic rings. The van der Waals surface area contributed by atoms with Crippen molar-refractivity contribution < 1.29 is 31.1 Å². The predicted octanol–water partition coefficient (Wildman–Crippen LogP) is 2.24. The van der Waals surface area contributed by atoms with Gasteiger partial charge in [-0.15, -0.1) is 0 Å². The summed E-state index contributed by atoms with van der Waals surface area (Å²) in [6.07, 6.45) is -12.9. The Labute approximate surface area is 98.0 Å². The molecule has 0 N–H and O–H groups in total. The molecule has 1 fully saturated rings. The van der Waals surface area contributed by atoms with Gasteiger partial charge >= 0.3 is 12.4 Å². The third-order valence-electron chi connectivity index (χ3n) is 2.94. The van der Waals surface area contributed by atoms with Crippen LogP contribution >= 0.6 is 0 Å². The van der Waals surface area contributed by atoms with Crippen LogP contribution in [0.3, 0.4) is 0 Å². The number of hydrogen-bond donors (Lipinski definition) is 0. The van der Waals surface area contributed by atoms with Gasteiger partial charge in [0.15, 0.2) is 5.41 Å². The highest BCUT2D eigenvalue weighted by molar-refractivity contribution is 5.78. The number of nitrogens with zero attached hydrogens (tertiary/aromatic N) is 2. The first-order chi connectivity index (χ1) is 8.05. The highest BCUT2D eigenvalue weighted by Crippen LogP contribution is 2.55. The minimum absolute atomic E-state index is 0.435. The van der Waals surface area contributed by atoms with Gasteiger partial charge in [-0.3, -0.25) is 4.79 Å². The molecule has 1 saturated heterocycles. The van der Waals surface area contributed by atoms with E-state index in [9.17, 15) is 31.1 Å². The smallest absolute Gasteiger partial charge is 0.341 e. The Morgan fingerprint density at radius 2 is 1.72 bits per heavy atom. The molecule has 0 spiro atoms. The zero-order valence-electron chi connectivity index (χ0n) is 8.90. The lowest BCUT2D eigenvalue weighted by molar-refractivity contribution is -0.334. The van der Waals surface area contributed by atoms with Gasteiger partial charge in [0.05, 0.1) is 6.07 Å². The topological polar surface area (TPSA) is 44.1 Å². The molecule has 0 aromatic rings. The van der Waals surface area contributed by atoms with Crippen LogP contribution in [-0.4, -0.2) is 36.2 Å². The summed E-state index contributed by atoms with van der Waals surface area (Å²) in [6, 6.07) is 1.40. The van der Waals surface area contributed by atoms with Crippen molar-refractivity contribution in [2.75, 3.05) is 13.1 Å². The number of hydrogen-bond acceptors (Lipinski definition) is 2. The summed E-state index contributed by atoms with van der Waals surface area (Å²) in [5, 5.41) is 8.20. The molecule has 0 bridgehead atoms. The number of carbonyl (C=O) groups is 1. The third kappa shape index (κ3) is 2.23. The molecule has 3 nitrogen and oxygen atoms in total. The molecule has 0 aliphatic carbocycles. The standard InChI is InChI=1S/C9H8F6N2O/c10-8(11,12)7(9(13,14)15)2-4-17(5-7)6(18)1-3-16/h1-2,4-5H2. The Hall–Kier alpha value is -1.46. The number of nitriles is 1. The maximum atomic E-state index is 12.6. The molecular formula is C9H8F6N2O. The molecule has 0 aromatic carbocycles. The van der Waals surface area contributed by atoms with E-state index in [0.29, 0.717) is 4.90 Å². The van der Waals surface area contributed by atoms with Crippen molar-refractivity contribution in [3.05, 3.63) is 0 Å². The quantitative estimate of drug-likeness (QED) is 0.688. The number of alkyl halides is 6. The first kappa shape index (κ1) is 14.6. The molecule has 1 rings (SSSR count). The molecule has 1 amide bonds. The molecule has 1 aliphatic heterocycles. The summed E-state index contributed by atoms with van der Waals surface area (Å²) < 4.78 is 75.7. The Bertz CT molecular complexity index is 366. The summed E-state index contributed by atoms with van der Waals surface area (Å²) in [6.45, 7) is -2.12. The van der Waals surface area contributed by atoms with Crippen LogP contribution in [0.25, 0.3) is 0 Å². The van der Waals surface area contributed by atoms with Gasteiger partial charge in [0, 0.05) is 13.1 Å². The average molecular weight is 274 g/mol. The second-order valence-electron chi connectivity index (χ2n) is 3.98. The van der Waals surface area contributed by atoms with E-state index in [1.54, 1.807) is 0 Å². The maximum absolute atomic E-state index is 12.6. The highest BCUT2D eigenvalue weighted by Gasteiger charge is 2.72. The van der Waals surface area contributed by atoms with Crippen molar-refractivity contribution in [2.45, 2.75) is 25.2 Å². The Morgan fingerprint density at radius 1 is 1.22 bits per heavy atom. The van der Waals surface area contributed by atoms with E-state index < -0.39 is 49.6 Å². The van der Waals surface area contributed by atoms with Gasteiger partial charge in [0.25, 0.3) is 0 Å². The van der Waals surface area contributed by atoms with Gasteiger partial charge in [0.1, 0.15) is 6.42 Å². The van der Waals surface area contributed by atoms with E-state index in [4.69, 9.17) is 5.26 Å². The van der Waals surface area contributed by atoms with Crippen LogP contribution in [0.2, 0.25) is 0 Å². The number of rotatable bonds is 1. The molecule has 0 saturated carbocycles. The Morgan fingerprint density at radius 3 is 2.06 bits per heavy atom. The normalized spacial score (nSPS) is 19.7.